The fourth-order valence-electron chi connectivity index (χ4n) is 3.49. The van der Waals surface area contributed by atoms with Gasteiger partial charge in [-0.2, -0.15) is 0 Å². The minimum absolute atomic E-state index is 0.281. The van der Waals surface area contributed by atoms with Crippen molar-refractivity contribution >= 4 is 40.3 Å². The largest absolute Gasteiger partial charge is 0.552 e. The van der Waals surface area contributed by atoms with E-state index in [4.69, 9.17) is 14.4 Å². The third-order valence-corrected chi connectivity index (χ3v) is 5.76. The summed E-state index contributed by atoms with van der Waals surface area (Å²) in [6.07, 6.45) is 1.60. The van der Waals surface area contributed by atoms with Crippen LogP contribution in [0.1, 0.15) is 31.2 Å². The summed E-state index contributed by atoms with van der Waals surface area (Å²) in [5.74, 6) is -5.45. The van der Waals surface area contributed by atoms with Crippen LogP contribution in [-0.4, -0.2) is 58.7 Å². The Balaban J connectivity index is 1.74. The van der Waals surface area contributed by atoms with Gasteiger partial charge in [0.15, 0.2) is 0 Å². The van der Waals surface area contributed by atoms with Crippen LogP contribution in [0.2, 0.25) is 0 Å². The topological polar surface area (TPSA) is 151 Å². The second-order valence-electron chi connectivity index (χ2n) is 7.80. The van der Waals surface area contributed by atoms with Crippen molar-refractivity contribution in [1.82, 2.24) is 10.4 Å². The average Bonchev–Trinajstić information content (AvgIpc) is 3.48. The minimum atomic E-state index is -2.63. The number of carbonyl (C=O) groups excluding carboxylic acids is 2. The molecule has 4 atom stereocenters. The van der Waals surface area contributed by atoms with Crippen molar-refractivity contribution in [2.24, 2.45) is 5.92 Å². The summed E-state index contributed by atoms with van der Waals surface area (Å²) in [5, 5.41) is 24.2. The predicted octanol–water partition coefficient (Wildman–Crippen LogP) is 0.161. The molecule has 12 heteroatoms. The molecule has 2 unspecified atom stereocenters. The number of carboxylic acid groups (broad SMARTS) is 2. The van der Waals surface area contributed by atoms with Gasteiger partial charge >= 0.3 is 25.0 Å². The first-order valence-electron chi connectivity index (χ1n) is 9.89. The molecule has 2 fully saturated rings. The van der Waals surface area contributed by atoms with Crippen molar-refractivity contribution in [3.63, 3.8) is 0 Å². The lowest BCUT2D eigenvalue weighted by Gasteiger charge is -2.24. The summed E-state index contributed by atoms with van der Waals surface area (Å²) in [4.78, 5) is 48.0. The average molecular weight is 450 g/mol. The maximum atomic E-state index is 12.9. The number of benzene rings is 1. The van der Waals surface area contributed by atoms with Crippen LogP contribution in [0.15, 0.2) is 30.3 Å². The van der Waals surface area contributed by atoms with Gasteiger partial charge in [0.25, 0.3) is 5.60 Å². The third kappa shape index (κ3) is 5.61. The Kier molecular flexibility index (Phi) is 7.30. The monoisotopic (exact) mass is 450 g/mol. The molecule has 2 aliphatic rings. The van der Waals surface area contributed by atoms with Gasteiger partial charge in [-0.15, -0.1) is 0 Å². The van der Waals surface area contributed by atoms with Crippen molar-refractivity contribution in [3.8, 4) is 0 Å². The molecule has 10 nitrogen and oxygen atoms in total. The van der Waals surface area contributed by atoms with Gasteiger partial charge in [-0.1, -0.05) is 52.6 Å². The van der Waals surface area contributed by atoms with Crippen molar-refractivity contribution in [1.29, 1.82) is 0 Å². The maximum absolute atomic E-state index is 12.9. The summed E-state index contributed by atoms with van der Waals surface area (Å²) in [7, 11) is 0.907. The van der Waals surface area contributed by atoms with E-state index in [-0.39, 0.29) is 11.8 Å². The fraction of sp³-hybridized carbons (Fsp3) is 0.474. The third-order valence-electron chi connectivity index (χ3n) is 5.36. The van der Waals surface area contributed by atoms with E-state index in [0.717, 1.165) is 18.4 Å². The second-order valence-corrected chi connectivity index (χ2v) is 8.13. The normalized spacial score (nSPS) is 22.5. The van der Waals surface area contributed by atoms with Gasteiger partial charge < -0.3 is 24.8 Å². The lowest BCUT2D eigenvalue weighted by molar-refractivity contribution is -0.168. The Hall–Kier alpha value is -2.49. The van der Waals surface area contributed by atoms with Gasteiger partial charge in [0.05, 0.1) is 18.4 Å². The quantitative estimate of drug-likeness (QED) is 0.210. The highest BCUT2D eigenvalue weighted by Crippen LogP contribution is 2.36. The number of carboxylic acids is 2. The number of amides is 1. The maximum Gasteiger partial charge on any atom is 0.552 e. The molecule has 3 rings (SSSR count). The van der Waals surface area contributed by atoms with Crippen LogP contribution in [0.4, 0.5) is 0 Å². The molecule has 1 heterocycles. The molecule has 1 aromatic rings. The molecular weight excluding hydrogens is 426 g/mol. The van der Waals surface area contributed by atoms with Crippen LogP contribution in [0.3, 0.4) is 0 Å². The SMILES string of the molecule is O=C(O)CC1(C(=O)O)OB([C@H](CC2CC2)NC(=O)[C@H](Cc2ccccc2)NP)OC1=O. The summed E-state index contributed by atoms with van der Waals surface area (Å²) >= 11 is 0. The van der Waals surface area contributed by atoms with E-state index in [2.05, 4.69) is 19.8 Å². The molecule has 1 saturated heterocycles. The molecule has 4 N–H and O–H groups in total. The van der Waals surface area contributed by atoms with Crippen molar-refractivity contribution in [3.05, 3.63) is 35.9 Å². The smallest absolute Gasteiger partial charge is 0.506 e. The van der Waals surface area contributed by atoms with Gasteiger partial charge in [-0.3, -0.25) is 14.7 Å². The van der Waals surface area contributed by atoms with E-state index >= 15 is 0 Å². The summed E-state index contributed by atoms with van der Waals surface area (Å²) in [6.45, 7) is 0. The van der Waals surface area contributed by atoms with Crippen LogP contribution in [-0.2, 0) is 34.9 Å². The summed E-state index contributed by atoms with van der Waals surface area (Å²) in [6, 6.07) is 8.76. The molecule has 1 aromatic carbocycles. The van der Waals surface area contributed by atoms with Gasteiger partial charge in [0.2, 0.25) is 5.91 Å². The second kappa shape index (κ2) is 9.76. The Morgan fingerprint density at radius 3 is 2.45 bits per heavy atom. The minimum Gasteiger partial charge on any atom is -0.506 e. The molecule has 1 aliphatic heterocycles. The van der Waals surface area contributed by atoms with E-state index in [0.29, 0.717) is 12.8 Å². The molecule has 0 spiro atoms. The highest BCUT2D eigenvalue weighted by molar-refractivity contribution is 7.13. The lowest BCUT2D eigenvalue weighted by atomic mass is 9.75. The van der Waals surface area contributed by atoms with Crippen LogP contribution in [0.25, 0.3) is 0 Å². The number of aliphatic carboxylic acids is 2. The van der Waals surface area contributed by atoms with E-state index < -0.39 is 49.0 Å². The molecule has 1 amide bonds. The van der Waals surface area contributed by atoms with Crippen LogP contribution in [0.5, 0.6) is 0 Å². The number of hydrogen-bond acceptors (Lipinski definition) is 7. The van der Waals surface area contributed by atoms with Crippen LogP contribution >= 0.6 is 9.39 Å². The molecule has 0 bridgehead atoms. The van der Waals surface area contributed by atoms with E-state index in [9.17, 15) is 24.3 Å². The summed E-state index contributed by atoms with van der Waals surface area (Å²) in [5.41, 5.74) is -1.70. The van der Waals surface area contributed by atoms with Gasteiger partial charge in [-0.25, -0.2) is 9.59 Å². The van der Waals surface area contributed by atoms with Crippen molar-refractivity contribution in [2.75, 3.05) is 0 Å². The molecule has 1 saturated carbocycles. The zero-order chi connectivity index (χ0) is 22.6. The van der Waals surface area contributed by atoms with E-state index in [1.165, 1.54) is 0 Å². The predicted molar refractivity (Wildman–Crippen MR) is 112 cm³/mol. The molecule has 0 radical (unpaired) electrons. The van der Waals surface area contributed by atoms with Gasteiger partial charge in [-0.05, 0) is 24.3 Å². The standard InChI is InChI=1S/C19H24BN2O8P/c23-15(24)10-19(17(26)27)18(28)29-20(30-19)14(9-12-6-7-12)21-16(25)13(22-31)8-11-4-2-1-3-5-11/h1-5,12-14,22H,6-10,31H2,(H,21,25)(H,23,24)(H,26,27)/t13-,14-,19?/m0/s1. The van der Waals surface area contributed by atoms with E-state index in [1.54, 1.807) is 0 Å². The highest BCUT2D eigenvalue weighted by Gasteiger charge is 2.62. The molecule has 31 heavy (non-hydrogen) atoms. The van der Waals surface area contributed by atoms with Crippen LogP contribution in [0, 0.1) is 5.92 Å². The van der Waals surface area contributed by atoms with Gasteiger partial charge in [0.1, 0.15) is 0 Å². The molecule has 1 aliphatic carbocycles. The molecule has 0 aromatic heterocycles. The van der Waals surface area contributed by atoms with Gasteiger partial charge in [0, 0.05) is 0 Å². The fourth-order valence-corrected chi connectivity index (χ4v) is 3.76. The van der Waals surface area contributed by atoms with Crippen molar-refractivity contribution < 1.29 is 38.7 Å². The first kappa shape index (κ1) is 23.2. The number of hydrogen-bond donors (Lipinski definition) is 4. The zero-order valence-electron chi connectivity index (χ0n) is 16.7. The summed E-state index contributed by atoms with van der Waals surface area (Å²) < 4.78 is 10.5. The van der Waals surface area contributed by atoms with E-state index in [1.807, 2.05) is 30.3 Å². The molecule has 166 valence electrons. The lowest BCUT2D eigenvalue weighted by Crippen LogP contribution is -2.54. The first-order valence-corrected chi connectivity index (χ1v) is 10.5. The Bertz CT molecular complexity index is 853. The zero-order valence-corrected chi connectivity index (χ0v) is 17.8. The number of nitrogens with one attached hydrogen (secondary N) is 2. The number of carbonyl (C=O) groups is 4. The Morgan fingerprint density at radius 1 is 1.23 bits per heavy atom. The number of rotatable bonds is 11. The Morgan fingerprint density at radius 2 is 1.90 bits per heavy atom. The van der Waals surface area contributed by atoms with Crippen LogP contribution < -0.4 is 10.4 Å². The molecular formula is C19H24BN2O8P. The first-order chi connectivity index (χ1) is 14.7. The highest BCUT2D eigenvalue weighted by atomic mass is 31.0. The Labute approximate surface area is 181 Å². The van der Waals surface area contributed by atoms with Crippen molar-refractivity contribution in [2.45, 2.75) is 49.7 Å².